The molecule has 0 bridgehead atoms. The largest absolute Gasteiger partial charge is 0.508 e. The Morgan fingerprint density at radius 1 is 1.15 bits per heavy atom. The summed E-state index contributed by atoms with van der Waals surface area (Å²) in [5.41, 5.74) is 6.98. The van der Waals surface area contributed by atoms with Crippen LogP contribution in [0.3, 0.4) is 0 Å². The van der Waals surface area contributed by atoms with Gasteiger partial charge in [0.2, 0.25) is 0 Å². The van der Waals surface area contributed by atoms with Crippen molar-refractivity contribution < 1.29 is 14.8 Å². The summed E-state index contributed by atoms with van der Waals surface area (Å²) in [6.45, 7) is 0.461. The molecule has 3 N–H and O–H groups in total. The number of nitrogens with zero attached hydrogens (tertiary/aromatic N) is 1. The third-order valence-electron chi connectivity index (χ3n) is 2.79. The number of phenolic OH excluding ortho intramolecular Hbond substituents is 1. The van der Waals surface area contributed by atoms with Crippen molar-refractivity contribution >= 4 is 5.69 Å². The van der Waals surface area contributed by atoms with E-state index < -0.39 is 4.92 Å². The van der Waals surface area contributed by atoms with Crippen LogP contribution in [0.1, 0.15) is 11.1 Å². The van der Waals surface area contributed by atoms with Gasteiger partial charge in [-0.3, -0.25) is 10.1 Å². The maximum absolute atomic E-state index is 10.9. The Balaban J connectivity index is 2.18. The molecule has 0 saturated carbocycles. The Kier molecular flexibility index (Phi) is 4.17. The number of hydrogen-bond acceptors (Lipinski definition) is 5. The summed E-state index contributed by atoms with van der Waals surface area (Å²) in [5, 5.41) is 20.1. The van der Waals surface area contributed by atoms with Gasteiger partial charge in [-0.25, -0.2) is 0 Å². The molecule has 0 atom stereocenters. The van der Waals surface area contributed by atoms with E-state index in [1.807, 2.05) is 0 Å². The van der Waals surface area contributed by atoms with Gasteiger partial charge in [-0.05, 0) is 29.3 Å². The van der Waals surface area contributed by atoms with Gasteiger partial charge >= 0.3 is 5.69 Å². The highest BCUT2D eigenvalue weighted by Gasteiger charge is 2.15. The number of nitro groups is 1. The minimum Gasteiger partial charge on any atom is -0.508 e. The monoisotopic (exact) mass is 274 g/mol. The first-order chi connectivity index (χ1) is 9.60. The second-order valence-corrected chi connectivity index (χ2v) is 4.22. The number of nitrogens with two attached hydrogens (primary N) is 1. The standard InChI is InChI=1S/C14H14N2O4/c15-8-11-3-6-13(16(18)19)14(7-11)20-9-10-1-4-12(17)5-2-10/h1-7,17H,8-9,15H2. The second kappa shape index (κ2) is 6.03. The van der Waals surface area contributed by atoms with Gasteiger partial charge in [0.1, 0.15) is 12.4 Å². The van der Waals surface area contributed by atoms with E-state index in [-0.39, 0.29) is 30.3 Å². The Morgan fingerprint density at radius 3 is 2.40 bits per heavy atom. The fraction of sp³-hybridized carbons (Fsp3) is 0.143. The first kappa shape index (κ1) is 13.8. The molecule has 0 heterocycles. The number of nitro benzene ring substituents is 1. The van der Waals surface area contributed by atoms with Crippen molar-refractivity contribution in [2.24, 2.45) is 5.73 Å². The van der Waals surface area contributed by atoms with E-state index in [1.165, 1.54) is 18.2 Å². The quantitative estimate of drug-likeness (QED) is 0.644. The van der Waals surface area contributed by atoms with Gasteiger partial charge < -0.3 is 15.6 Å². The van der Waals surface area contributed by atoms with Crippen LogP contribution in [0.5, 0.6) is 11.5 Å². The second-order valence-electron chi connectivity index (χ2n) is 4.22. The molecular formula is C14H14N2O4. The maximum Gasteiger partial charge on any atom is 0.310 e. The third-order valence-corrected chi connectivity index (χ3v) is 2.79. The Labute approximate surface area is 115 Å². The maximum atomic E-state index is 10.9. The molecule has 2 aromatic rings. The van der Waals surface area contributed by atoms with Crippen LogP contribution < -0.4 is 10.5 Å². The highest BCUT2D eigenvalue weighted by molar-refractivity contribution is 5.48. The fourth-order valence-corrected chi connectivity index (χ4v) is 1.71. The van der Waals surface area contributed by atoms with Crippen molar-refractivity contribution in [1.29, 1.82) is 0 Å². The highest BCUT2D eigenvalue weighted by Crippen LogP contribution is 2.28. The van der Waals surface area contributed by atoms with Crippen molar-refractivity contribution in [3.05, 3.63) is 63.7 Å². The number of phenols is 1. The van der Waals surface area contributed by atoms with Crippen LogP contribution >= 0.6 is 0 Å². The van der Waals surface area contributed by atoms with E-state index in [0.29, 0.717) is 0 Å². The normalized spacial score (nSPS) is 10.2. The van der Waals surface area contributed by atoms with Crippen LogP contribution in [-0.4, -0.2) is 10.0 Å². The van der Waals surface area contributed by atoms with Crippen LogP contribution in [0.25, 0.3) is 0 Å². The molecule has 6 nitrogen and oxygen atoms in total. The Hall–Kier alpha value is -2.60. The van der Waals surface area contributed by atoms with Crippen LogP contribution in [0.15, 0.2) is 42.5 Å². The molecule has 0 aromatic heterocycles. The van der Waals surface area contributed by atoms with Gasteiger partial charge in [0, 0.05) is 12.6 Å². The van der Waals surface area contributed by atoms with E-state index in [1.54, 1.807) is 24.3 Å². The summed E-state index contributed by atoms with van der Waals surface area (Å²) in [4.78, 5) is 10.4. The summed E-state index contributed by atoms with van der Waals surface area (Å²) in [7, 11) is 0. The van der Waals surface area contributed by atoms with E-state index in [2.05, 4.69) is 0 Å². The van der Waals surface area contributed by atoms with E-state index >= 15 is 0 Å². The summed E-state index contributed by atoms with van der Waals surface area (Å²) in [6, 6.07) is 11.0. The lowest BCUT2D eigenvalue weighted by atomic mass is 10.2. The zero-order valence-corrected chi connectivity index (χ0v) is 10.7. The fourth-order valence-electron chi connectivity index (χ4n) is 1.71. The molecule has 0 radical (unpaired) electrons. The van der Waals surface area contributed by atoms with Crippen molar-refractivity contribution in [2.45, 2.75) is 13.2 Å². The van der Waals surface area contributed by atoms with Gasteiger partial charge in [0.05, 0.1) is 4.92 Å². The van der Waals surface area contributed by atoms with Gasteiger partial charge in [0.15, 0.2) is 5.75 Å². The molecule has 20 heavy (non-hydrogen) atoms. The lowest BCUT2D eigenvalue weighted by Crippen LogP contribution is -2.02. The van der Waals surface area contributed by atoms with Crippen molar-refractivity contribution in [2.75, 3.05) is 0 Å². The van der Waals surface area contributed by atoms with Gasteiger partial charge in [0.25, 0.3) is 0 Å². The van der Waals surface area contributed by atoms with Gasteiger partial charge in [-0.1, -0.05) is 18.2 Å². The van der Waals surface area contributed by atoms with Gasteiger partial charge in [-0.2, -0.15) is 0 Å². The molecule has 0 spiro atoms. The molecule has 0 saturated heterocycles. The summed E-state index contributed by atoms with van der Waals surface area (Å²) >= 11 is 0. The Bertz CT molecular complexity index is 611. The number of aromatic hydroxyl groups is 1. The average Bonchev–Trinajstić information content (AvgIpc) is 2.46. The van der Waals surface area contributed by atoms with E-state index in [0.717, 1.165) is 11.1 Å². The smallest absolute Gasteiger partial charge is 0.310 e. The number of rotatable bonds is 5. The molecule has 0 fully saturated rings. The summed E-state index contributed by atoms with van der Waals surface area (Å²) in [5.74, 6) is 0.343. The predicted molar refractivity (Wildman–Crippen MR) is 73.4 cm³/mol. The topological polar surface area (TPSA) is 98.6 Å². The first-order valence-corrected chi connectivity index (χ1v) is 5.98. The average molecular weight is 274 g/mol. The third kappa shape index (κ3) is 3.24. The molecule has 0 amide bonds. The molecule has 0 aliphatic carbocycles. The SMILES string of the molecule is NCc1ccc([N+](=O)[O-])c(OCc2ccc(O)cc2)c1. The van der Waals surface area contributed by atoms with E-state index in [9.17, 15) is 15.2 Å². The lowest BCUT2D eigenvalue weighted by Gasteiger charge is -2.08. The van der Waals surface area contributed by atoms with Crippen molar-refractivity contribution in [3.8, 4) is 11.5 Å². The molecule has 104 valence electrons. The number of hydrogen-bond donors (Lipinski definition) is 2. The molecule has 2 aromatic carbocycles. The van der Waals surface area contributed by atoms with Crippen LogP contribution in [0.4, 0.5) is 5.69 Å². The summed E-state index contributed by atoms with van der Waals surface area (Å²) in [6.07, 6.45) is 0. The lowest BCUT2D eigenvalue weighted by molar-refractivity contribution is -0.386. The minimum atomic E-state index is -0.494. The van der Waals surface area contributed by atoms with Crippen molar-refractivity contribution in [1.82, 2.24) is 0 Å². The molecular weight excluding hydrogens is 260 g/mol. The molecule has 0 unspecified atom stereocenters. The number of ether oxygens (including phenoxy) is 1. The van der Waals surface area contributed by atoms with Crippen molar-refractivity contribution in [3.63, 3.8) is 0 Å². The Morgan fingerprint density at radius 2 is 1.80 bits per heavy atom. The van der Waals surface area contributed by atoms with Crippen LogP contribution in [0.2, 0.25) is 0 Å². The zero-order chi connectivity index (χ0) is 14.5. The molecule has 0 aliphatic heterocycles. The van der Waals surface area contributed by atoms with Gasteiger partial charge in [-0.15, -0.1) is 0 Å². The molecule has 6 heteroatoms. The highest BCUT2D eigenvalue weighted by atomic mass is 16.6. The zero-order valence-electron chi connectivity index (χ0n) is 10.7. The minimum absolute atomic E-state index is 0.0963. The first-order valence-electron chi connectivity index (χ1n) is 5.98. The van der Waals surface area contributed by atoms with E-state index in [4.69, 9.17) is 10.5 Å². The number of benzene rings is 2. The van der Waals surface area contributed by atoms with Crippen LogP contribution in [-0.2, 0) is 13.2 Å². The molecule has 2 rings (SSSR count). The van der Waals surface area contributed by atoms with Crippen LogP contribution in [0, 0.1) is 10.1 Å². The molecule has 0 aliphatic rings. The predicted octanol–water partition coefficient (Wildman–Crippen LogP) is 2.34. The summed E-state index contributed by atoms with van der Waals surface area (Å²) < 4.78 is 5.49.